The van der Waals surface area contributed by atoms with Gasteiger partial charge < -0.3 is 10.4 Å². The van der Waals surface area contributed by atoms with Gasteiger partial charge in [-0.15, -0.1) is 0 Å². The van der Waals surface area contributed by atoms with Crippen LogP contribution in [-0.2, 0) is 14.6 Å². The first-order chi connectivity index (χ1) is 8.23. The van der Waals surface area contributed by atoms with Crippen LogP contribution < -0.4 is 5.32 Å². The normalized spacial score (nSPS) is 13.3. The van der Waals surface area contributed by atoms with Crippen LogP contribution >= 0.6 is 0 Å². The molecule has 2 N–H and O–H groups in total. The molecule has 18 heavy (non-hydrogen) atoms. The molecule has 0 saturated heterocycles. The van der Waals surface area contributed by atoms with Gasteiger partial charge in [0.25, 0.3) is 0 Å². The molecule has 1 aromatic rings. The maximum Gasteiger partial charge on any atom is 0.326 e. The minimum atomic E-state index is -3.45. The van der Waals surface area contributed by atoms with Gasteiger partial charge in [-0.3, -0.25) is 0 Å². The van der Waals surface area contributed by atoms with Gasteiger partial charge in [0.1, 0.15) is 16.8 Å². The van der Waals surface area contributed by atoms with Gasteiger partial charge in [-0.25, -0.2) is 18.2 Å². The smallest absolute Gasteiger partial charge is 0.326 e. The SMILES string of the molecule is CC(C)C(Nc1ncccc1S(C)(=O)=O)C(=O)O. The van der Waals surface area contributed by atoms with E-state index in [2.05, 4.69) is 10.3 Å². The fourth-order valence-electron chi connectivity index (χ4n) is 1.46. The predicted octanol–water partition coefficient (Wildman–Crippen LogP) is 1.01. The summed E-state index contributed by atoms with van der Waals surface area (Å²) in [5.74, 6) is -1.17. The summed E-state index contributed by atoms with van der Waals surface area (Å²) in [5.41, 5.74) is 0. The first-order valence-electron chi connectivity index (χ1n) is 5.38. The number of pyridine rings is 1. The molecule has 1 heterocycles. The molecule has 100 valence electrons. The summed E-state index contributed by atoms with van der Waals surface area (Å²) in [4.78, 5) is 15.0. The third-order valence-electron chi connectivity index (χ3n) is 2.40. The summed E-state index contributed by atoms with van der Waals surface area (Å²) >= 11 is 0. The number of carbonyl (C=O) groups is 1. The van der Waals surface area contributed by atoms with Gasteiger partial charge >= 0.3 is 5.97 Å². The first-order valence-corrected chi connectivity index (χ1v) is 7.27. The number of nitrogens with zero attached hydrogens (tertiary/aromatic N) is 1. The molecule has 1 atom stereocenters. The van der Waals surface area contributed by atoms with Crippen molar-refractivity contribution >= 4 is 21.6 Å². The van der Waals surface area contributed by atoms with Crippen LogP contribution in [0.4, 0.5) is 5.82 Å². The highest BCUT2D eigenvalue weighted by molar-refractivity contribution is 7.90. The Hall–Kier alpha value is -1.63. The standard InChI is InChI=1S/C11H16N2O4S/c1-7(2)9(11(14)15)13-10-8(18(3,16)17)5-4-6-12-10/h4-7,9H,1-3H3,(H,12,13)(H,14,15). The summed E-state index contributed by atoms with van der Waals surface area (Å²) in [5, 5.41) is 11.7. The van der Waals surface area contributed by atoms with E-state index in [0.29, 0.717) is 0 Å². The Kier molecular flexibility index (Phi) is 4.28. The molecule has 0 saturated carbocycles. The average Bonchev–Trinajstić information content (AvgIpc) is 2.24. The maximum atomic E-state index is 11.5. The van der Waals surface area contributed by atoms with Crippen LogP contribution in [0.25, 0.3) is 0 Å². The van der Waals surface area contributed by atoms with Crippen molar-refractivity contribution in [1.29, 1.82) is 0 Å². The molecule has 6 nitrogen and oxygen atoms in total. The van der Waals surface area contributed by atoms with E-state index >= 15 is 0 Å². The molecule has 0 bridgehead atoms. The van der Waals surface area contributed by atoms with Crippen molar-refractivity contribution < 1.29 is 18.3 Å². The molecule has 0 aliphatic carbocycles. The van der Waals surface area contributed by atoms with Crippen LogP contribution in [0.2, 0.25) is 0 Å². The highest BCUT2D eigenvalue weighted by atomic mass is 32.2. The highest BCUT2D eigenvalue weighted by Gasteiger charge is 2.24. The Morgan fingerprint density at radius 2 is 2.06 bits per heavy atom. The molecule has 1 aromatic heterocycles. The number of aliphatic carboxylic acids is 1. The molecule has 0 radical (unpaired) electrons. The summed E-state index contributed by atoms with van der Waals surface area (Å²) in [7, 11) is -3.45. The minimum absolute atomic E-state index is 0.00287. The topological polar surface area (TPSA) is 96.4 Å². The molecule has 7 heteroatoms. The van der Waals surface area contributed by atoms with Gasteiger partial charge in [-0.1, -0.05) is 13.8 Å². The van der Waals surface area contributed by atoms with Crippen LogP contribution in [0.1, 0.15) is 13.8 Å². The Morgan fingerprint density at radius 3 is 2.50 bits per heavy atom. The van der Waals surface area contributed by atoms with Crippen molar-refractivity contribution in [3.8, 4) is 0 Å². The molecule has 1 rings (SSSR count). The zero-order valence-corrected chi connectivity index (χ0v) is 11.2. The predicted molar refractivity (Wildman–Crippen MR) is 67.2 cm³/mol. The fourth-order valence-corrected chi connectivity index (χ4v) is 2.25. The molecule has 0 aromatic carbocycles. The van der Waals surface area contributed by atoms with Crippen molar-refractivity contribution in [2.24, 2.45) is 5.92 Å². The van der Waals surface area contributed by atoms with Crippen molar-refractivity contribution in [3.63, 3.8) is 0 Å². The summed E-state index contributed by atoms with van der Waals surface area (Å²) in [6.45, 7) is 3.46. The lowest BCUT2D eigenvalue weighted by atomic mass is 10.1. The lowest BCUT2D eigenvalue weighted by Crippen LogP contribution is -2.35. The molecule has 0 aliphatic heterocycles. The third-order valence-corrected chi connectivity index (χ3v) is 3.52. The fraction of sp³-hybridized carbons (Fsp3) is 0.455. The van der Waals surface area contributed by atoms with E-state index in [4.69, 9.17) is 5.11 Å². The molecular weight excluding hydrogens is 256 g/mol. The van der Waals surface area contributed by atoms with Crippen molar-refractivity contribution in [2.75, 3.05) is 11.6 Å². The Balaban J connectivity index is 3.15. The summed E-state index contributed by atoms with van der Waals surface area (Å²) in [6, 6.07) is 2.00. The lowest BCUT2D eigenvalue weighted by Gasteiger charge is -2.19. The van der Waals surface area contributed by atoms with E-state index in [1.54, 1.807) is 13.8 Å². The number of hydrogen-bond acceptors (Lipinski definition) is 5. The van der Waals surface area contributed by atoms with Crippen molar-refractivity contribution in [1.82, 2.24) is 4.98 Å². The number of rotatable bonds is 5. The Bertz CT molecular complexity index is 540. The number of sulfone groups is 1. The van der Waals surface area contributed by atoms with E-state index in [0.717, 1.165) is 6.26 Å². The number of aromatic nitrogens is 1. The van der Waals surface area contributed by atoms with E-state index in [1.807, 2.05) is 0 Å². The quantitative estimate of drug-likeness (QED) is 0.830. The second-order valence-electron chi connectivity index (χ2n) is 4.33. The maximum absolute atomic E-state index is 11.5. The second kappa shape index (κ2) is 5.34. The van der Waals surface area contributed by atoms with Gasteiger partial charge in [0.15, 0.2) is 9.84 Å². The largest absolute Gasteiger partial charge is 0.480 e. The number of anilines is 1. The average molecular weight is 272 g/mol. The highest BCUT2D eigenvalue weighted by Crippen LogP contribution is 2.20. The molecular formula is C11H16N2O4S. The molecule has 0 spiro atoms. The summed E-state index contributed by atoms with van der Waals surface area (Å²) < 4.78 is 23.1. The van der Waals surface area contributed by atoms with E-state index in [-0.39, 0.29) is 16.6 Å². The number of hydrogen-bond donors (Lipinski definition) is 2. The number of carboxylic acids is 1. The van der Waals surface area contributed by atoms with Crippen LogP contribution in [0, 0.1) is 5.92 Å². The Labute approximate surface area is 106 Å². The molecule has 0 fully saturated rings. The molecule has 0 amide bonds. The lowest BCUT2D eigenvalue weighted by molar-refractivity contribution is -0.138. The van der Waals surface area contributed by atoms with Crippen molar-refractivity contribution in [3.05, 3.63) is 18.3 Å². The third kappa shape index (κ3) is 3.43. The monoisotopic (exact) mass is 272 g/mol. The van der Waals surface area contributed by atoms with Gasteiger partial charge in [0, 0.05) is 12.5 Å². The van der Waals surface area contributed by atoms with Crippen molar-refractivity contribution in [2.45, 2.75) is 24.8 Å². The van der Waals surface area contributed by atoms with Gasteiger partial charge in [-0.05, 0) is 18.1 Å². The van der Waals surface area contributed by atoms with Crippen LogP contribution in [0.3, 0.4) is 0 Å². The molecule has 0 aliphatic rings. The van der Waals surface area contributed by atoms with Gasteiger partial charge in [-0.2, -0.15) is 0 Å². The van der Waals surface area contributed by atoms with Crippen LogP contribution in [0.15, 0.2) is 23.2 Å². The van der Waals surface area contributed by atoms with E-state index in [1.165, 1.54) is 18.3 Å². The first kappa shape index (κ1) is 14.4. The number of carboxylic acid groups (broad SMARTS) is 1. The zero-order valence-electron chi connectivity index (χ0n) is 10.4. The van der Waals surface area contributed by atoms with Crippen LogP contribution in [0.5, 0.6) is 0 Å². The van der Waals surface area contributed by atoms with E-state index < -0.39 is 21.8 Å². The summed E-state index contributed by atoms with van der Waals surface area (Å²) in [6.07, 6.45) is 2.47. The second-order valence-corrected chi connectivity index (χ2v) is 6.31. The van der Waals surface area contributed by atoms with E-state index in [9.17, 15) is 13.2 Å². The van der Waals surface area contributed by atoms with Crippen LogP contribution in [-0.4, -0.2) is 36.8 Å². The minimum Gasteiger partial charge on any atom is -0.480 e. The zero-order chi connectivity index (χ0) is 13.9. The number of nitrogens with one attached hydrogen (secondary N) is 1. The Morgan fingerprint density at radius 1 is 1.44 bits per heavy atom. The van der Waals surface area contributed by atoms with Gasteiger partial charge in [0.05, 0.1) is 0 Å². The van der Waals surface area contributed by atoms with Gasteiger partial charge in [0.2, 0.25) is 0 Å². The molecule has 1 unspecified atom stereocenters.